The van der Waals surface area contributed by atoms with E-state index in [-0.39, 0.29) is 17.7 Å². The number of nitrogens with zero attached hydrogens (tertiary/aromatic N) is 1. The average Bonchev–Trinajstić information content (AvgIpc) is 2.26. The first-order chi connectivity index (χ1) is 7.13. The standard InChI is InChI=1S/C10H15N3OS/c1-7(5-14)15-6-8-2-3-13-9(4-8)10(11)12/h2-4,7,14H,5-6H2,1H3,(H3,11,12). The summed E-state index contributed by atoms with van der Waals surface area (Å²) >= 11 is 1.66. The summed E-state index contributed by atoms with van der Waals surface area (Å²) in [7, 11) is 0. The van der Waals surface area contributed by atoms with Crippen molar-refractivity contribution >= 4 is 17.6 Å². The van der Waals surface area contributed by atoms with Gasteiger partial charge in [0, 0.05) is 17.2 Å². The van der Waals surface area contributed by atoms with Crippen LogP contribution in [0.5, 0.6) is 0 Å². The number of aliphatic hydroxyl groups is 1. The summed E-state index contributed by atoms with van der Waals surface area (Å²) in [5.74, 6) is 0.780. The molecule has 1 heterocycles. The third-order valence-electron chi connectivity index (χ3n) is 1.89. The first-order valence-corrected chi connectivity index (χ1v) is 5.70. The zero-order chi connectivity index (χ0) is 11.3. The highest BCUT2D eigenvalue weighted by Gasteiger charge is 2.03. The molecule has 4 N–H and O–H groups in total. The summed E-state index contributed by atoms with van der Waals surface area (Å²) < 4.78 is 0. The van der Waals surface area contributed by atoms with Gasteiger partial charge in [0.15, 0.2) is 0 Å². The Hall–Kier alpha value is -1.07. The number of nitrogens with two attached hydrogens (primary N) is 1. The first-order valence-electron chi connectivity index (χ1n) is 4.65. The van der Waals surface area contributed by atoms with Crippen molar-refractivity contribution in [1.29, 1.82) is 5.41 Å². The number of rotatable bonds is 5. The molecule has 4 nitrogen and oxygen atoms in total. The van der Waals surface area contributed by atoms with Crippen molar-refractivity contribution in [2.45, 2.75) is 17.9 Å². The lowest BCUT2D eigenvalue weighted by atomic mass is 10.2. The molecule has 0 aliphatic heterocycles. The molecule has 5 heteroatoms. The van der Waals surface area contributed by atoms with Crippen LogP contribution < -0.4 is 5.73 Å². The van der Waals surface area contributed by atoms with Crippen LogP contribution in [0.2, 0.25) is 0 Å². The van der Waals surface area contributed by atoms with E-state index in [1.807, 2.05) is 13.0 Å². The summed E-state index contributed by atoms with van der Waals surface area (Å²) in [5, 5.41) is 16.3. The fourth-order valence-corrected chi connectivity index (χ4v) is 1.76. The minimum absolute atomic E-state index is 0.0166. The minimum Gasteiger partial charge on any atom is -0.395 e. The number of amidine groups is 1. The molecular formula is C10H15N3OS. The molecule has 0 bridgehead atoms. The van der Waals surface area contributed by atoms with E-state index in [9.17, 15) is 0 Å². The third kappa shape index (κ3) is 3.89. The lowest BCUT2D eigenvalue weighted by Crippen LogP contribution is -2.13. The molecule has 0 saturated heterocycles. The molecule has 0 amide bonds. The third-order valence-corrected chi connectivity index (χ3v) is 3.11. The topological polar surface area (TPSA) is 83.0 Å². The maximum Gasteiger partial charge on any atom is 0.141 e. The van der Waals surface area contributed by atoms with E-state index < -0.39 is 0 Å². The highest BCUT2D eigenvalue weighted by molar-refractivity contribution is 7.99. The number of hydrogen-bond donors (Lipinski definition) is 3. The van der Waals surface area contributed by atoms with Gasteiger partial charge in [0.1, 0.15) is 11.5 Å². The van der Waals surface area contributed by atoms with Gasteiger partial charge in [0.25, 0.3) is 0 Å². The van der Waals surface area contributed by atoms with Crippen molar-refractivity contribution in [2.24, 2.45) is 5.73 Å². The predicted octanol–water partition coefficient (Wildman–Crippen LogP) is 0.980. The lowest BCUT2D eigenvalue weighted by molar-refractivity contribution is 0.300. The number of pyridine rings is 1. The molecule has 1 aromatic heterocycles. The van der Waals surface area contributed by atoms with Crippen LogP contribution in [-0.4, -0.2) is 27.8 Å². The zero-order valence-corrected chi connectivity index (χ0v) is 9.42. The second kappa shape index (κ2) is 5.72. The molecule has 1 rings (SSSR count). The van der Waals surface area contributed by atoms with Crippen LogP contribution in [0.15, 0.2) is 18.3 Å². The number of hydrogen-bond acceptors (Lipinski definition) is 4. The van der Waals surface area contributed by atoms with E-state index in [4.69, 9.17) is 16.2 Å². The Bertz CT molecular complexity index is 343. The van der Waals surface area contributed by atoms with Crippen LogP contribution >= 0.6 is 11.8 Å². The maximum atomic E-state index is 8.87. The predicted molar refractivity (Wildman–Crippen MR) is 63.1 cm³/mol. The largest absolute Gasteiger partial charge is 0.395 e. The molecule has 0 aliphatic carbocycles. The van der Waals surface area contributed by atoms with Crippen LogP contribution in [0, 0.1) is 5.41 Å². The van der Waals surface area contributed by atoms with Crippen molar-refractivity contribution in [3.8, 4) is 0 Å². The van der Waals surface area contributed by atoms with E-state index >= 15 is 0 Å². The van der Waals surface area contributed by atoms with Crippen LogP contribution in [0.4, 0.5) is 0 Å². The zero-order valence-electron chi connectivity index (χ0n) is 8.60. The van der Waals surface area contributed by atoms with Gasteiger partial charge in [0.2, 0.25) is 0 Å². The van der Waals surface area contributed by atoms with Gasteiger partial charge in [-0.15, -0.1) is 0 Å². The van der Waals surface area contributed by atoms with E-state index in [0.717, 1.165) is 11.3 Å². The van der Waals surface area contributed by atoms with Gasteiger partial charge in [-0.1, -0.05) is 6.92 Å². The molecule has 0 spiro atoms. The Kier molecular flexibility index (Phi) is 4.58. The summed E-state index contributed by atoms with van der Waals surface area (Å²) in [4.78, 5) is 3.98. The summed E-state index contributed by atoms with van der Waals surface area (Å²) in [6.07, 6.45) is 1.65. The Morgan fingerprint density at radius 3 is 3.07 bits per heavy atom. The number of aliphatic hydroxyl groups excluding tert-OH is 1. The highest BCUT2D eigenvalue weighted by atomic mass is 32.2. The van der Waals surface area contributed by atoms with Gasteiger partial charge in [-0.05, 0) is 17.7 Å². The molecule has 0 aliphatic rings. The number of aromatic nitrogens is 1. The lowest BCUT2D eigenvalue weighted by Gasteiger charge is -2.07. The van der Waals surface area contributed by atoms with Crippen molar-refractivity contribution in [1.82, 2.24) is 4.98 Å². The second-order valence-corrected chi connectivity index (χ2v) is 4.69. The molecule has 1 unspecified atom stereocenters. The van der Waals surface area contributed by atoms with Crippen LogP contribution in [0.25, 0.3) is 0 Å². The molecule has 82 valence electrons. The van der Waals surface area contributed by atoms with Gasteiger partial charge in [-0.25, -0.2) is 0 Å². The number of nitrogens with one attached hydrogen (secondary N) is 1. The van der Waals surface area contributed by atoms with Crippen LogP contribution in [-0.2, 0) is 5.75 Å². The van der Waals surface area contributed by atoms with Gasteiger partial charge < -0.3 is 10.8 Å². The van der Waals surface area contributed by atoms with Crippen molar-refractivity contribution in [3.63, 3.8) is 0 Å². The van der Waals surface area contributed by atoms with E-state index in [0.29, 0.717) is 5.69 Å². The van der Waals surface area contributed by atoms with Gasteiger partial charge >= 0.3 is 0 Å². The fourth-order valence-electron chi connectivity index (χ4n) is 1.00. The maximum absolute atomic E-state index is 8.87. The normalized spacial score (nSPS) is 12.4. The van der Waals surface area contributed by atoms with E-state index in [1.54, 1.807) is 24.0 Å². The SMILES string of the molecule is CC(CO)SCc1ccnc(C(=N)N)c1. The van der Waals surface area contributed by atoms with Gasteiger partial charge in [0.05, 0.1) is 6.61 Å². The van der Waals surface area contributed by atoms with E-state index in [1.165, 1.54) is 0 Å². The molecule has 1 aromatic rings. The first kappa shape index (κ1) is 12.0. The monoisotopic (exact) mass is 225 g/mol. The quantitative estimate of drug-likeness (QED) is 0.515. The van der Waals surface area contributed by atoms with Crippen molar-refractivity contribution in [3.05, 3.63) is 29.6 Å². The average molecular weight is 225 g/mol. The van der Waals surface area contributed by atoms with Crippen LogP contribution in [0.3, 0.4) is 0 Å². The van der Waals surface area contributed by atoms with Gasteiger partial charge in [-0.2, -0.15) is 11.8 Å². The van der Waals surface area contributed by atoms with E-state index in [2.05, 4.69) is 4.98 Å². The Balaban J connectivity index is 2.62. The molecule has 0 radical (unpaired) electrons. The molecule has 0 fully saturated rings. The second-order valence-electron chi connectivity index (χ2n) is 3.27. The Labute approximate surface area is 93.4 Å². The Morgan fingerprint density at radius 1 is 1.73 bits per heavy atom. The van der Waals surface area contributed by atoms with Crippen molar-refractivity contribution in [2.75, 3.05) is 6.61 Å². The highest BCUT2D eigenvalue weighted by Crippen LogP contribution is 2.17. The summed E-state index contributed by atoms with van der Waals surface area (Å²) in [6, 6.07) is 3.70. The van der Waals surface area contributed by atoms with Crippen molar-refractivity contribution < 1.29 is 5.11 Å². The summed E-state index contributed by atoms with van der Waals surface area (Å²) in [5.41, 5.74) is 6.91. The molecule has 0 saturated carbocycles. The number of nitrogen functional groups attached to an aromatic ring is 1. The smallest absolute Gasteiger partial charge is 0.141 e. The fraction of sp³-hybridized carbons (Fsp3) is 0.400. The minimum atomic E-state index is -0.0166. The molecule has 0 aromatic carbocycles. The van der Waals surface area contributed by atoms with Crippen LogP contribution in [0.1, 0.15) is 18.2 Å². The molecule has 1 atom stereocenters. The molecular weight excluding hydrogens is 210 g/mol. The summed E-state index contributed by atoms with van der Waals surface area (Å²) in [6.45, 7) is 2.15. The van der Waals surface area contributed by atoms with Gasteiger partial charge in [-0.3, -0.25) is 10.4 Å². The molecule has 15 heavy (non-hydrogen) atoms. The Morgan fingerprint density at radius 2 is 2.47 bits per heavy atom. The number of thioether (sulfide) groups is 1.